The van der Waals surface area contributed by atoms with Gasteiger partial charge in [0.1, 0.15) is 0 Å². The van der Waals surface area contributed by atoms with E-state index in [-0.39, 0.29) is 11.3 Å². The number of hydrogen-bond donors (Lipinski definition) is 3. The molecule has 0 aliphatic carbocycles. The van der Waals surface area contributed by atoms with Crippen LogP contribution in [-0.4, -0.2) is 36.1 Å². The number of carboxylic acids is 1. The standard InChI is InChI=1S/C14H23N3O2/c1-3-4-8-17(2)9-7-10-5-6-11(14(18)19)13(16)12(10)15/h5-6H,3-4,7-9,15-16H2,1-2H3,(H,18,19). The van der Waals surface area contributed by atoms with Gasteiger partial charge < -0.3 is 21.5 Å². The van der Waals surface area contributed by atoms with E-state index in [1.54, 1.807) is 6.07 Å². The van der Waals surface area contributed by atoms with Crippen molar-refractivity contribution >= 4 is 17.3 Å². The van der Waals surface area contributed by atoms with Gasteiger partial charge in [0.05, 0.1) is 16.9 Å². The van der Waals surface area contributed by atoms with E-state index in [1.165, 1.54) is 18.9 Å². The van der Waals surface area contributed by atoms with E-state index >= 15 is 0 Å². The van der Waals surface area contributed by atoms with Gasteiger partial charge in [-0.2, -0.15) is 0 Å². The zero-order chi connectivity index (χ0) is 14.4. The fourth-order valence-corrected chi connectivity index (χ4v) is 1.94. The molecule has 0 unspecified atom stereocenters. The number of likely N-dealkylation sites (N-methyl/N-ethyl adjacent to an activating group) is 1. The normalized spacial score (nSPS) is 10.9. The van der Waals surface area contributed by atoms with Gasteiger partial charge in [0, 0.05) is 6.54 Å². The zero-order valence-electron chi connectivity index (χ0n) is 11.6. The van der Waals surface area contributed by atoms with E-state index in [9.17, 15) is 4.79 Å². The first kappa shape index (κ1) is 15.3. The largest absolute Gasteiger partial charge is 0.478 e. The van der Waals surface area contributed by atoms with Gasteiger partial charge in [-0.15, -0.1) is 0 Å². The second kappa shape index (κ2) is 6.99. The lowest BCUT2D eigenvalue weighted by atomic mass is 10.0. The molecular formula is C14H23N3O2. The minimum absolute atomic E-state index is 0.0700. The molecule has 1 aromatic rings. The Hall–Kier alpha value is -1.75. The van der Waals surface area contributed by atoms with Crippen LogP contribution in [0.2, 0.25) is 0 Å². The van der Waals surface area contributed by atoms with E-state index in [4.69, 9.17) is 16.6 Å². The predicted molar refractivity (Wildman–Crippen MR) is 78.3 cm³/mol. The SMILES string of the molecule is CCCCN(C)CCc1ccc(C(=O)O)c(N)c1N. The smallest absolute Gasteiger partial charge is 0.337 e. The molecule has 0 aliphatic heterocycles. The van der Waals surface area contributed by atoms with Crippen LogP contribution >= 0.6 is 0 Å². The summed E-state index contributed by atoms with van der Waals surface area (Å²) in [4.78, 5) is 13.2. The quantitative estimate of drug-likeness (QED) is 0.654. The summed E-state index contributed by atoms with van der Waals surface area (Å²) >= 11 is 0. The highest BCUT2D eigenvalue weighted by molar-refractivity contribution is 5.97. The van der Waals surface area contributed by atoms with Crippen LogP contribution in [0.25, 0.3) is 0 Å². The molecule has 0 saturated carbocycles. The average molecular weight is 265 g/mol. The number of nitrogens with zero attached hydrogens (tertiary/aromatic N) is 1. The lowest BCUT2D eigenvalue weighted by Gasteiger charge is -2.17. The molecule has 0 heterocycles. The Bertz CT molecular complexity index is 447. The highest BCUT2D eigenvalue weighted by Gasteiger charge is 2.13. The topological polar surface area (TPSA) is 92.6 Å². The van der Waals surface area contributed by atoms with Crippen molar-refractivity contribution < 1.29 is 9.90 Å². The summed E-state index contributed by atoms with van der Waals surface area (Å²) in [6.07, 6.45) is 3.12. The Kier molecular flexibility index (Phi) is 5.63. The number of benzene rings is 1. The molecule has 5 heteroatoms. The average Bonchev–Trinajstić information content (AvgIpc) is 2.37. The lowest BCUT2D eigenvalue weighted by Crippen LogP contribution is -2.22. The molecule has 0 spiro atoms. The van der Waals surface area contributed by atoms with Gasteiger partial charge in [0.25, 0.3) is 0 Å². The monoisotopic (exact) mass is 265 g/mol. The van der Waals surface area contributed by atoms with Gasteiger partial charge in [-0.05, 0) is 38.1 Å². The number of carboxylic acid groups (broad SMARTS) is 1. The van der Waals surface area contributed by atoms with Crippen LogP contribution in [0.4, 0.5) is 11.4 Å². The maximum absolute atomic E-state index is 10.9. The number of nitrogen functional groups attached to an aromatic ring is 2. The van der Waals surface area contributed by atoms with Crippen molar-refractivity contribution in [3.63, 3.8) is 0 Å². The van der Waals surface area contributed by atoms with Gasteiger partial charge in [-0.25, -0.2) is 4.79 Å². The number of aromatic carboxylic acids is 1. The molecule has 0 atom stereocenters. The number of hydrogen-bond acceptors (Lipinski definition) is 4. The van der Waals surface area contributed by atoms with Gasteiger partial charge >= 0.3 is 5.97 Å². The van der Waals surface area contributed by atoms with Crippen LogP contribution in [-0.2, 0) is 6.42 Å². The highest BCUT2D eigenvalue weighted by Crippen LogP contribution is 2.25. The van der Waals surface area contributed by atoms with Crippen molar-refractivity contribution in [1.82, 2.24) is 4.90 Å². The number of unbranched alkanes of at least 4 members (excludes halogenated alkanes) is 1. The first-order chi connectivity index (χ1) is 8.97. The zero-order valence-corrected chi connectivity index (χ0v) is 11.6. The second-order valence-corrected chi connectivity index (χ2v) is 4.81. The van der Waals surface area contributed by atoms with Gasteiger partial charge in [-0.1, -0.05) is 19.4 Å². The predicted octanol–water partition coefficient (Wildman–Crippen LogP) is 1.82. The van der Waals surface area contributed by atoms with Crippen LogP contribution < -0.4 is 11.5 Å². The molecule has 0 radical (unpaired) electrons. The Morgan fingerprint density at radius 2 is 1.95 bits per heavy atom. The molecule has 106 valence electrons. The van der Waals surface area contributed by atoms with Crippen LogP contribution in [0.3, 0.4) is 0 Å². The van der Waals surface area contributed by atoms with Gasteiger partial charge in [0.2, 0.25) is 0 Å². The third kappa shape index (κ3) is 4.13. The van der Waals surface area contributed by atoms with Gasteiger partial charge in [-0.3, -0.25) is 0 Å². The molecular weight excluding hydrogens is 242 g/mol. The van der Waals surface area contributed by atoms with E-state index in [0.717, 1.165) is 25.1 Å². The van der Waals surface area contributed by atoms with Crippen LogP contribution in [0, 0.1) is 0 Å². The van der Waals surface area contributed by atoms with Crippen molar-refractivity contribution in [3.8, 4) is 0 Å². The van der Waals surface area contributed by atoms with Gasteiger partial charge in [0.15, 0.2) is 0 Å². The summed E-state index contributed by atoms with van der Waals surface area (Å²) in [7, 11) is 2.07. The van der Waals surface area contributed by atoms with Crippen molar-refractivity contribution in [3.05, 3.63) is 23.3 Å². The summed E-state index contributed by atoms with van der Waals surface area (Å²) in [6.45, 7) is 4.10. The van der Waals surface area contributed by atoms with Crippen LogP contribution in [0.1, 0.15) is 35.7 Å². The second-order valence-electron chi connectivity index (χ2n) is 4.81. The fourth-order valence-electron chi connectivity index (χ4n) is 1.94. The Balaban J connectivity index is 2.70. The minimum atomic E-state index is -1.05. The fraction of sp³-hybridized carbons (Fsp3) is 0.500. The van der Waals surface area contributed by atoms with E-state index < -0.39 is 5.97 Å². The van der Waals surface area contributed by atoms with Crippen molar-refractivity contribution in [1.29, 1.82) is 0 Å². The Labute approximate surface area is 114 Å². The number of anilines is 2. The Morgan fingerprint density at radius 1 is 1.26 bits per heavy atom. The first-order valence-corrected chi connectivity index (χ1v) is 6.56. The third-order valence-corrected chi connectivity index (χ3v) is 3.26. The molecule has 5 N–H and O–H groups in total. The number of carbonyl (C=O) groups is 1. The molecule has 0 saturated heterocycles. The summed E-state index contributed by atoms with van der Waals surface area (Å²) < 4.78 is 0. The summed E-state index contributed by atoms with van der Waals surface area (Å²) in [5, 5.41) is 8.95. The van der Waals surface area contributed by atoms with E-state index in [0.29, 0.717) is 5.69 Å². The lowest BCUT2D eigenvalue weighted by molar-refractivity contribution is 0.0698. The number of nitrogens with two attached hydrogens (primary N) is 2. The van der Waals surface area contributed by atoms with Crippen molar-refractivity contribution in [2.45, 2.75) is 26.2 Å². The molecule has 0 amide bonds. The van der Waals surface area contributed by atoms with E-state index in [2.05, 4.69) is 18.9 Å². The summed E-state index contributed by atoms with van der Waals surface area (Å²) in [6, 6.07) is 3.28. The number of rotatable bonds is 7. The minimum Gasteiger partial charge on any atom is -0.478 e. The van der Waals surface area contributed by atoms with Crippen molar-refractivity contribution in [2.75, 3.05) is 31.6 Å². The Morgan fingerprint density at radius 3 is 2.53 bits per heavy atom. The molecule has 0 aromatic heterocycles. The van der Waals surface area contributed by atoms with Crippen LogP contribution in [0.15, 0.2) is 12.1 Å². The summed E-state index contributed by atoms with van der Waals surface area (Å²) in [5.41, 5.74) is 13.2. The maximum Gasteiger partial charge on any atom is 0.337 e. The molecule has 19 heavy (non-hydrogen) atoms. The molecule has 1 aromatic carbocycles. The summed E-state index contributed by atoms with van der Waals surface area (Å²) in [5.74, 6) is -1.05. The maximum atomic E-state index is 10.9. The first-order valence-electron chi connectivity index (χ1n) is 6.56. The molecule has 0 bridgehead atoms. The third-order valence-electron chi connectivity index (χ3n) is 3.26. The highest BCUT2D eigenvalue weighted by atomic mass is 16.4. The van der Waals surface area contributed by atoms with Crippen molar-refractivity contribution in [2.24, 2.45) is 0 Å². The molecule has 5 nitrogen and oxygen atoms in total. The molecule has 0 fully saturated rings. The van der Waals surface area contributed by atoms with E-state index in [1.807, 2.05) is 0 Å². The molecule has 1 rings (SSSR count). The van der Waals surface area contributed by atoms with Crippen LogP contribution in [0.5, 0.6) is 0 Å². The molecule has 0 aliphatic rings.